The molecular formula is C23H23FN2O4S. The molecule has 0 saturated carbocycles. The van der Waals surface area contributed by atoms with Crippen LogP contribution in [-0.2, 0) is 10.0 Å². The molecule has 0 radical (unpaired) electrons. The zero-order valence-corrected chi connectivity index (χ0v) is 18.0. The third kappa shape index (κ3) is 5.03. The molecule has 0 bridgehead atoms. The Morgan fingerprint density at radius 2 is 1.68 bits per heavy atom. The highest BCUT2D eigenvalue weighted by atomic mass is 32.2. The largest absolute Gasteiger partial charge is 0.494 e. The lowest BCUT2D eigenvalue weighted by atomic mass is 10.2. The van der Waals surface area contributed by atoms with E-state index in [2.05, 4.69) is 5.32 Å². The normalized spacial score (nSPS) is 11.1. The fourth-order valence-electron chi connectivity index (χ4n) is 3.05. The lowest BCUT2D eigenvalue weighted by molar-refractivity contribution is 0.102. The molecule has 0 aromatic heterocycles. The zero-order chi connectivity index (χ0) is 22.4. The quantitative estimate of drug-likeness (QED) is 0.549. The van der Waals surface area contributed by atoms with Crippen molar-refractivity contribution in [3.63, 3.8) is 0 Å². The second kappa shape index (κ2) is 9.61. The minimum atomic E-state index is -4.21. The van der Waals surface area contributed by atoms with Crippen molar-refractivity contribution in [1.82, 2.24) is 0 Å². The SMILES string of the molecule is CCOc1ccc(NC(=O)c2ccc(F)c(S(=O)(=O)N(CC)c3ccccc3)c2)cc1. The Labute approximate surface area is 181 Å². The maximum atomic E-state index is 14.5. The zero-order valence-electron chi connectivity index (χ0n) is 17.2. The summed E-state index contributed by atoms with van der Waals surface area (Å²) in [5, 5.41) is 2.68. The Kier molecular flexibility index (Phi) is 6.91. The van der Waals surface area contributed by atoms with Crippen molar-refractivity contribution in [2.45, 2.75) is 18.7 Å². The molecule has 0 spiro atoms. The fraction of sp³-hybridized carbons (Fsp3) is 0.174. The van der Waals surface area contributed by atoms with Crippen LogP contribution in [0.4, 0.5) is 15.8 Å². The molecule has 0 aliphatic rings. The van der Waals surface area contributed by atoms with Gasteiger partial charge in [-0.05, 0) is 68.4 Å². The molecule has 6 nitrogen and oxygen atoms in total. The summed E-state index contributed by atoms with van der Waals surface area (Å²) in [5.41, 5.74) is 0.938. The third-order valence-electron chi connectivity index (χ3n) is 4.52. The highest BCUT2D eigenvalue weighted by molar-refractivity contribution is 7.92. The van der Waals surface area contributed by atoms with E-state index < -0.39 is 26.6 Å². The summed E-state index contributed by atoms with van der Waals surface area (Å²) in [4.78, 5) is 12.1. The van der Waals surface area contributed by atoms with Gasteiger partial charge in [0.15, 0.2) is 0 Å². The van der Waals surface area contributed by atoms with Crippen LogP contribution in [-0.4, -0.2) is 27.5 Å². The molecule has 0 fully saturated rings. The van der Waals surface area contributed by atoms with E-state index in [0.29, 0.717) is 23.7 Å². The second-order valence-electron chi connectivity index (χ2n) is 6.56. The highest BCUT2D eigenvalue weighted by Gasteiger charge is 2.28. The number of sulfonamides is 1. The van der Waals surface area contributed by atoms with Crippen molar-refractivity contribution in [2.75, 3.05) is 22.8 Å². The number of nitrogens with one attached hydrogen (secondary N) is 1. The summed E-state index contributed by atoms with van der Waals surface area (Å²) in [5.74, 6) is -0.813. The summed E-state index contributed by atoms with van der Waals surface area (Å²) in [6.45, 7) is 4.16. The van der Waals surface area contributed by atoms with Gasteiger partial charge in [0.05, 0.1) is 12.3 Å². The van der Waals surface area contributed by atoms with Gasteiger partial charge in [-0.3, -0.25) is 9.10 Å². The Morgan fingerprint density at radius 3 is 2.29 bits per heavy atom. The molecule has 3 aromatic carbocycles. The molecule has 1 N–H and O–H groups in total. The van der Waals surface area contributed by atoms with Crippen LogP contribution in [0.5, 0.6) is 5.75 Å². The van der Waals surface area contributed by atoms with E-state index in [1.165, 1.54) is 6.07 Å². The maximum absolute atomic E-state index is 14.5. The Hall–Kier alpha value is -3.39. The van der Waals surface area contributed by atoms with E-state index in [9.17, 15) is 17.6 Å². The average molecular weight is 443 g/mol. The number of rotatable bonds is 8. The summed E-state index contributed by atoms with van der Waals surface area (Å²) >= 11 is 0. The second-order valence-corrected chi connectivity index (χ2v) is 8.39. The van der Waals surface area contributed by atoms with Gasteiger partial charge in [-0.15, -0.1) is 0 Å². The Morgan fingerprint density at radius 1 is 1.00 bits per heavy atom. The number of amides is 1. The summed E-state index contributed by atoms with van der Waals surface area (Å²) in [6, 6.07) is 18.4. The van der Waals surface area contributed by atoms with Gasteiger partial charge >= 0.3 is 0 Å². The highest BCUT2D eigenvalue weighted by Crippen LogP contribution is 2.26. The van der Waals surface area contributed by atoms with Crippen LogP contribution >= 0.6 is 0 Å². The van der Waals surface area contributed by atoms with Crippen LogP contribution in [0, 0.1) is 5.82 Å². The first-order valence-electron chi connectivity index (χ1n) is 9.78. The Balaban J connectivity index is 1.89. The fourth-order valence-corrected chi connectivity index (χ4v) is 4.62. The van der Waals surface area contributed by atoms with Crippen LogP contribution < -0.4 is 14.4 Å². The monoisotopic (exact) mass is 442 g/mol. The predicted octanol–water partition coefficient (Wildman–Crippen LogP) is 4.69. The van der Waals surface area contributed by atoms with Crippen molar-refractivity contribution in [2.24, 2.45) is 0 Å². The number of benzene rings is 3. The summed E-state index contributed by atoms with van der Waals surface area (Å²) in [6.07, 6.45) is 0. The molecule has 3 rings (SSSR count). The van der Waals surface area contributed by atoms with Gasteiger partial charge < -0.3 is 10.1 Å². The minimum Gasteiger partial charge on any atom is -0.494 e. The standard InChI is InChI=1S/C23H23FN2O4S/c1-3-26(19-8-6-5-7-9-19)31(28,29)22-16-17(10-15-21(22)24)23(27)25-18-11-13-20(14-12-18)30-4-2/h5-16H,3-4H2,1-2H3,(H,25,27). The molecule has 8 heteroatoms. The van der Waals surface area contributed by atoms with E-state index in [1.54, 1.807) is 61.5 Å². The van der Waals surface area contributed by atoms with E-state index in [-0.39, 0.29) is 12.1 Å². The van der Waals surface area contributed by atoms with Crippen LogP contribution in [0.1, 0.15) is 24.2 Å². The topological polar surface area (TPSA) is 75.7 Å². The lowest BCUT2D eigenvalue weighted by Gasteiger charge is -2.23. The van der Waals surface area contributed by atoms with Gasteiger partial charge in [-0.25, -0.2) is 12.8 Å². The number of carbonyl (C=O) groups excluding carboxylic acids is 1. The number of ether oxygens (including phenoxy) is 1. The van der Waals surface area contributed by atoms with Gasteiger partial charge in [0.1, 0.15) is 16.5 Å². The van der Waals surface area contributed by atoms with Gasteiger partial charge in [-0.1, -0.05) is 18.2 Å². The van der Waals surface area contributed by atoms with Crippen LogP contribution in [0.2, 0.25) is 0 Å². The van der Waals surface area contributed by atoms with Gasteiger partial charge in [0.25, 0.3) is 15.9 Å². The van der Waals surface area contributed by atoms with Crippen LogP contribution in [0.3, 0.4) is 0 Å². The van der Waals surface area contributed by atoms with E-state index in [4.69, 9.17) is 4.74 Å². The van der Waals surface area contributed by atoms with Crippen molar-refractivity contribution in [3.8, 4) is 5.75 Å². The molecule has 0 aliphatic heterocycles. The Bertz CT molecular complexity index is 1150. The number of hydrogen-bond donors (Lipinski definition) is 1. The van der Waals surface area contributed by atoms with Gasteiger partial charge in [0.2, 0.25) is 0 Å². The molecule has 0 atom stereocenters. The number of hydrogen-bond acceptors (Lipinski definition) is 4. The molecule has 31 heavy (non-hydrogen) atoms. The van der Waals surface area contributed by atoms with Gasteiger partial charge in [-0.2, -0.15) is 0 Å². The van der Waals surface area contributed by atoms with Gasteiger partial charge in [0, 0.05) is 17.8 Å². The molecule has 0 heterocycles. The van der Waals surface area contributed by atoms with Crippen molar-refractivity contribution in [1.29, 1.82) is 0 Å². The van der Waals surface area contributed by atoms with E-state index in [1.807, 2.05) is 6.92 Å². The number of anilines is 2. The van der Waals surface area contributed by atoms with Crippen molar-refractivity contribution < 1.29 is 22.3 Å². The predicted molar refractivity (Wildman–Crippen MR) is 119 cm³/mol. The maximum Gasteiger partial charge on any atom is 0.267 e. The first-order chi connectivity index (χ1) is 14.9. The number of halogens is 1. The van der Waals surface area contributed by atoms with Crippen LogP contribution in [0.15, 0.2) is 77.7 Å². The van der Waals surface area contributed by atoms with E-state index in [0.717, 1.165) is 16.4 Å². The summed E-state index contributed by atoms with van der Waals surface area (Å²) < 4.78 is 47.3. The smallest absolute Gasteiger partial charge is 0.267 e. The lowest BCUT2D eigenvalue weighted by Crippen LogP contribution is -2.31. The number of para-hydroxylation sites is 1. The average Bonchev–Trinajstić information content (AvgIpc) is 2.76. The molecule has 1 amide bonds. The van der Waals surface area contributed by atoms with Crippen LogP contribution in [0.25, 0.3) is 0 Å². The molecular weight excluding hydrogens is 419 g/mol. The van der Waals surface area contributed by atoms with Crippen molar-refractivity contribution in [3.05, 3.63) is 84.2 Å². The number of nitrogens with zero attached hydrogens (tertiary/aromatic N) is 1. The van der Waals surface area contributed by atoms with E-state index >= 15 is 0 Å². The first-order valence-corrected chi connectivity index (χ1v) is 11.2. The van der Waals surface area contributed by atoms with Crippen molar-refractivity contribution >= 4 is 27.3 Å². The minimum absolute atomic E-state index is 0.0259. The molecule has 0 saturated heterocycles. The molecule has 162 valence electrons. The number of carbonyl (C=O) groups is 1. The molecule has 0 aliphatic carbocycles. The molecule has 0 unspecified atom stereocenters. The first kappa shape index (κ1) is 22.3. The summed E-state index contributed by atoms with van der Waals surface area (Å²) in [7, 11) is -4.21. The molecule has 3 aromatic rings. The third-order valence-corrected chi connectivity index (χ3v) is 6.43.